The first-order chi connectivity index (χ1) is 11.0. The smallest absolute Gasteiger partial charge is 0.331 e. The molecule has 1 aromatic carbocycles. The van der Waals surface area contributed by atoms with Gasteiger partial charge in [0.2, 0.25) is 0 Å². The lowest BCUT2D eigenvalue weighted by Gasteiger charge is -2.12. The van der Waals surface area contributed by atoms with Crippen LogP contribution >= 0.6 is 0 Å². The van der Waals surface area contributed by atoms with Crippen LogP contribution in [0.2, 0.25) is 0 Å². The van der Waals surface area contributed by atoms with Crippen molar-refractivity contribution in [3.05, 3.63) is 41.5 Å². The summed E-state index contributed by atoms with van der Waals surface area (Å²) in [6.07, 6.45) is 2.66. The number of rotatable bonds is 7. The molecule has 0 aliphatic rings. The topological polar surface area (TPSA) is 81.7 Å². The van der Waals surface area contributed by atoms with Crippen molar-refractivity contribution in [2.45, 2.75) is 27.2 Å². The second-order valence-electron chi connectivity index (χ2n) is 4.70. The second kappa shape index (κ2) is 9.40. The maximum Gasteiger partial charge on any atom is 0.331 e. The molecule has 0 aliphatic heterocycles. The third-order valence-corrected chi connectivity index (χ3v) is 2.99. The van der Waals surface area contributed by atoms with E-state index in [0.717, 1.165) is 35.4 Å². The van der Waals surface area contributed by atoms with Crippen molar-refractivity contribution in [2.75, 3.05) is 18.5 Å². The van der Waals surface area contributed by atoms with E-state index in [1.807, 2.05) is 32.0 Å². The lowest BCUT2D eigenvalue weighted by atomic mass is 10.1. The first-order valence-corrected chi connectivity index (χ1v) is 7.37. The van der Waals surface area contributed by atoms with Crippen LogP contribution in [0.3, 0.4) is 0 Å². The maximum atomic E-state index is 11.9. The van der Waals surface area contributed by atoms with E-state index in [1.165, 1.54) is 0 Å². The maximum absolute atomic E-state index is 11.9. The Bertz CT molecular complexity index is 607. The number of esters is 2. The van der Waals surface area contributed by atoms with Crippen molar-refractivity contribution in [3.63, 3.8) is 0 Å². The third kappa shape index (κ3) is 6.34. The standard InChI is InChI=1S/C17H21NO5/c1-4-13-8-6-7-12(3)17(13)18-14(19)11-23-16(21)10-9-15(20)22-5-2/h6-10H,4-5,11H2,1-3H3,(H,18,19)/b10-9+. The van der Waals surface area contributed by atoms with Gasteiger partial charge in [-0.3, -0.25) is 4.79 Å². The highest BCUT2D eigenvalue weighted by molar-refractivity contribution is 5.96. The van der Waals surface area contributed by atoms with E-state index in [0.29, 0.717) is 0 Å². The lowest BCUT2D eigenvalue weighted by Crippen LogP contribution is -2.21. The molecular formula is C17H21NO5. The van der Waals surface area contributed by atoms with Crippen molar-refractivity contribution in [1.82, 2.24) is 0 Å². The zero-order valence-electron chi connectivity index (χ0n) is 13.5. The summed E-state index contributed by atoms with van der Waals surface area (Å²) in [4.78, 5) is 34.3. The highest BCUT2D eigenvalue weighted by atomic mass is 16.5. The summed E-state index contributed by atoms with van der Waals surface area (Å²) >= 11 is 0. The number of para-hydroxylation sites is 1. The van der Waals surface area contributed by atoms with Gasteiger partial charge in [0.25, 0.3) is 5.91 Å². The molecule has 0 radical (unpaired) electrons. The Labute approximate surface area is 135 Å². The predicted molar refractivity (Wildman–Crippen MR) is 85.9 cm³/mol. The van der Waals surface area contributed by atoms with Gasteiger partial charge in [-0.05, 0) is 31.4 Å². The van der Waals surface area contributed by atoms with Crippen LogP contribution < -0.4 is 5.32 Å². The van der Waals surface area contributed by atoms with E-state index >= 15 is 0 Å². The molecule has 0 aromatic heterocycles. The Morgan fingerprint density at radius 3 is 2.35 bits per heavy atom. The van der Waals surface area contributed by atoms with E-state index in [1.54, 1.807) is 6.92 Å². The minimum Gasteiger partial charge on any atom is -0.463 e. The van der Waals surface area contributed by atoms with E-state index in [-0.39, 0.29) is 6.61 Å². The van der Waals surface area contributed by atoms with E-state index in [9.17, 15) is 14.4 Å². The summed E-state index contributed by atoms with van der Waals surface area (Å²) in [5.41, 5.74) is 2.68. The lowest BCUT2D eigenvalue weighted by molar-refractivity contribution is -0.143. The number of aryl methyl sites for hydroxylation is 2. The number of carbonyl (C=O) groups excluding carboxylic acids is 3. The zero-order chi connectivity index (χ0) is 17.2. The molecule has 0 aliphatic carbocycles. The van der Waals surface area contributed by atoms with Crippen LogP contribution in [0.4, 0.5) is 5.69 Å². The van der Waals surface area contributed by atoms with Crippen molar-refractivity contribution >= 4 is 23.5 Å². The van der Waals surface area contributed by atoms with Gasteiger partial charge in [0, 0.05) is 17.8 Å². The second-order valence-corrected chi connectivity index (χ2v) is 4.70. The molecule has 0 saturated heterocycles. The third-order valence-electron chi connectivity index (χ3n) is 2.99. The Morgan fingerprint density at radius 1 is 1.09 bits per heavy atom. The summed E-state index contributed by atoms with van der Waals surface area (Å²) in [5, 5.41) is 2.74. The Kier molecular flexibility index (Phi) is 7.53. The Hall–Kier alpha value is -2.63. The summed E-state index contributed by atoms with van der Waals surface area (Å²) in [6.45, 7) is 5.33. The van der Waals surface area contributed by atoms with Crippen LogP contribution in [-0.4, -0.2) is 31.1 Å². The van der Waals surface area contributed by atoms with Gasteiger partial charge in [0.1, 0.15) is 0 Å². The fourth-order valence-electron chi connectivity index (χ4n) is 1.89. The van der Waals surface area contributed by atoms with Crippen LogP contribution in [0.5, 0.6) is 0 Å². The normalized spacial score (nSPS) is 10.4. The molecule has 0 bridgehead atoms. The summed E-state index contributed by atoms with van der Waals surface area (Å²) in [5.74, 6) is -1.86. The zero-order valence-corrected chi connectivity index (χ0v) is 13.5. The molecule has 0 fully saturated rings. The first-order valence-electron chi connectivity index (χ1n) is 7.37. The summed E-state index contributed by atoms with van der Waals surface area (Å²) < 4.78 is 9.40. The van der Waals surface area contributed by atoms with Crippen LogP contribution in [-0.2, 0) is 30.3 Å². The Morgan fingerprint density at radius 2 is 1.74 bits per heavy atom. The van der Waals surface area contributed by atoms with Gasteiger partial charge in [-0.15, -0.1) is 0 Å². The molecular weight excluding hydrogens is 298 g/mol. The van der Waals surface area contributed by atoms with Crippen molar-refractivity contribution < 1.29 is 23.9 Å². The first kappa shape index (κ1) is 18.4. The van der Waals surface area contributed by atoms with Crippen LogP contribution in [0.15, 0.2) is 30.4 Å². The molecule has 0 unspecified atom stereocenters. The number of nitrogens with one attached hydrogen (secondary N) is 1. The molecule has 6 heteroatoms. The molecule has 0 spiro atoms. The number of amides is 1. The van der Waals surface area contributed by atoms with Gasteiger partial charge in [-0.1, -0.05) is 25.1 Å². The molecule has 6 nitrogen and oxygen atoms in total. The number of benzene rings is 1. The summed E-state index contributed by atoms with van der Waals surface area (Å²) in [6, 6.07) is 5.74. The van der Waals surface area contributed by atoms with Gasteiger partial charge < -0.3 is 14.8 Å². The Balaban J connectivity index is 2.52. The van der Waals surface area contributed by atoms with Crippen LogP contribution in [0.25, 0.3) is 0 Å². The van der Waals surface area contributed by atoms with Gasteiger partial charge in [0.15, 0.2) is 6.61 Å². The number of hydrogen-bond acceptors (Lipinski definition) is 5. The van der Waals surface area contributed by atoms with Gasteiger partial charge >= 0.3 is 11.9 Å². The molecule has 23 heavy (non-hydrogen) atoms. The molecule has 1 aromatic rings. The van der Waals surface area contributed by atoms with Gasteiger partial charge in [-0.25, -0.2) is 9.59 Å². The highest BCUT2D eigenvalue weighted by Gasteiger charge is 2.10. The molecule has 1 rings (SSSR count). The molecule has 0 atom stereocenters. The molecule has 1 N–H and O–H groups in total. The van der Waals surface area contributed by atoms with E-state index in [4.69, 9.17) is 4.74 Å². The minimum atomic E-state index is -0.784. The number of anilines is 1. The summed E-state index contributed by atoms with van der Waals surface area (Å²) in [7, 11) is 0. The highest BCUT2D eigenvalue weighted by Crippen LogP contribution is 2.20. The van der Waals surface area contributed by atoms with E-state index < -0.39 is 24.5 Å². The minimum absolute atomic E-state index is 0.219. The van der Waals surface area contributed by atoms with Gasteiger partial charge in [0.05, 0.1) is 6.61 Å². The average Bonchev–Trinajstić information content (AvgIpc) is 2.53. The molecule has 124 valence electrons. The fourth-order valence-corrected chi connectivity index (χ4v) is 1.89. The predicted octanol–water partition coefficient (Wildman–Crippen LogP) is 2.16. The van der Waals surface area contributed by atoms with Crippen LogP contribution in [0.1, 0.15) is 25.0 Å². The number of ether oxygens (including phenoxy) is 2. The number of carbonyl (C=O) groups is 3. The SMILES string of the molecule is CCOC(=O)/C=C/C(=O)OCC(=O)Nc1c(C)cccc1CC. The molecule has 1 amide bonds. The monoisotopic (exact) mass is 319 g/mol. The van der Waals surface area contributed by atoms with E-state index in [2.05, 4.69) is 10.1 Å². The van der Waals surface area contributed by atoms with Crippen LogP contribution in [0, 0.1) is 6.92 Å². The largest absolute Gasteiger partial charge is 0.463 e. The molecule has 0 saturated carbocycles. The van der Waals surface area contributed by atoms with Crippen molar-refractivity contribution in [3.8, 4) is 0 Å². The van der Waals surface area contributed by atoms with Gasteiger partial charge in [-0.2, -0.15) is 0 Å². The van der Waals surface area contributed by atoms with Crippen molar-refractivity contribution in [2.24, 2.45) is 0 Å². The quantitative estimate of drug-likeness (QED) is 0.615. The molecule has 0 heterocycles. The fraction of sp³-hybridized carbons (Fsp3) is 0.353. The number of hydrogen-bond donors (Lipinski definition) is 1. The average molecular weight is 319 g/mol. The van der Waals surface area contributed by atoms with Crippen molar-refractivity contribution in [1.29, 1.82) is 0 Å².